The number of benzene rings is 1. The van der Waals surface area contributed by atoms with Crippen molar-refractivity contribution in [3.63, 3.8) is 0 Å². The molecule has 152 valence electrons. The lowest BCUT2D eigenvalue weighted by atomic mass is 9.78. The molecular weight excluding hydrogens is 374 g/mol. The third-order valence-corrected chi connectivity index (χ3v) is 6.14. The molecule has 1 aromatic carbocycles. The quantitative estimate of drug-likeness (QED) is 0.499. The predicted octanol–water partition coefficient (Wildman–Crippen LogP) is 5.45. The van der Waals surface area contributed by atoms with Crippen LogP contribution in [-0.2, 0) is 9.53 Å². The second-order valence-electron chi connectivity index (χ2n) is 8.00. The summed E-state index contributed by atoms with van der Waals surface area (Å²) in [6.07, 6.45) is 7.01. The lowest BCUT2D eigenvalue weighted by Gasteiger charge is -2.31. The van der Waals surface area contributed by atoms with Crippen molar-refractivity contribution in [1.82, 2.24) is 0 Å². The number of esters is 1. The molecule has 0 heterocycles. The van der Waals surface area contributed by atoms with Crippen LogP contribution in [0.5, 0.6) is 0 Å². The highest BCUT2D eigenvalue weighted by Gasteiger charge is 2.31. The number of halogens is 2. The normalized spacial score (nSPS) is 27.5. The van der Waals surface area contributed by atoms with Gasteiger partial charge in [0.15, 0.2) is 5.83 Å². The van der Waals surface area contributed by atoms with Gasteiger partial charge in [0.05, 0.1) is 11.5 Å². The van der Waals surface area contributed by atoms with E-state index in [0.717, 1.165) is 18.4 Å². The summed E-state index contributed by atoms with van der Waals surface area (Å²) in [4.78, 5) is 12.5. The van der Waals surface area contributed by atoms with Crippen molar-refractivity contribution in [2.45, 2.75) is 63.4 Å². The van der Waals surface area contributed by atoms with Gasteiger partial charge in [-0.15, -0.1) is 0 Å². The number of nitrogens with zero attached hydrogens (tertiary/aromatic N) is 2. The summed E-state index contributed by atoms with van der Waals surface area (Å²) in [6, 6.07) is 8.07. The number of ether oxygens (including phenoxy) is 1. The fourth-order valence-corrected chi connectivity index (χ4v) is 4.42. The average Bonchev–Trinajstić information content (AvgIpc) is 2.75. The van der Waals surface area contributed by atoms with Gasteiger partial charge in [0.1, 0.15) is 24.1 Å². The van der Waals surface area contributed by atoms with Crippen LogP contribution in [0.15, 0.2) is 30.1 Å². The lowest BCUT2D eigenvalue weighted by Crippen LogP contribution is -2.29. The summed E-state index contributed by atoms with van der Waals surface area (Å²) in [5.41, 5.74) is 0.927. The fraction of sp³-hybridized carbons (Fsp3) is 0.522. The van der Waals surface area contributed by atoms with Crippen molar-refractivity contribution in [3.8, 4) is 12.1 Å². The SMILES string of the molecule is N#CC(F)=C[C@H]1CC[C@H](OC(=O)[C@H]2CC[C@H](c3ccc(C#N)c(F)c3)CC2)CC1. The molecule has 0 unspecified atom stereocenters. The number of carbonyl (C=O) groups excluding carboxylic acids is 1. The third kappa shape index (κ3) is 5.41. The van der Waals surface area contributed by atoms with Crippen LogP contribution in [0.3, 0.4) is 0 Å². The maximum Gasteiger partial charge on any atom is 0.309 e. The molecule has 0 aromatic heterocycles. The lowest BCUT2D eigenvalue weighted by molar-refractivity contribution is -0.157. The van der Waals surface area contributed by atoms with Crippen LogP contribution in [0, 0.1) is 40.3 Å². The number of hydrogen-bond acceptors (Lipinski definition) is 4. The molecule has 0 amide bonds. The van der Waals surface area contributed by atoms with Crippen molar-refractivity contribution in [2.24, 2.45) is 11.8 Å². The summed E-state index contributed by atoms with van der Waals surface area (Å²) in [5.74, 6) is -1.32. The first-order valence-electron chi connectivity index (χ1n) is 10.2. The molecule has 0 saturated heterocycles. The summed E-state index contributed by atoms with van der Waals surface area (Å²) in [5, 5.41) is 17.4. The Labute approximate surface area is 169 Å². The average molecular weight is 398 g/mol. The molecule has 0 radical (unpaired) electrons. The highest BCUT2D eigenvalue weighted by Crippen LogP contribution is 2.37. The van der Waals surface area contributed by atoms with E-state index in [4.69, 9.17) is 15.3 Å². The molecule has 1 aromatic rings. The molecule has 0 bridgehead atoms. The van der Waals surface area contributed by atoms with Crippen molar-refractivity contribution in [1.29, 1.82) is 10.5 Å². The highest BCUT2D eigenvalue weighted by atomic mass is 19.1. The van der Waals surface area contributed by atoms with E-state index in [1.54, 1.807) is 6.07 Å². The Balaban J connectivity index is 1.46. The number of nitriles is 2. The zero-order valence-electron chi connectivity index (χ0n) is 16.2. The molecule has 0 aliphatic heterocycles. The number of allylic oxidation sites excluding steroid dienone is 2. The zero-order valence-corrected chi connectivity index (χ0v) is 16.2. The van der Waals surface area contributed by atoms with E-state index in [1.165, 1.54) is 24.3 Å². The van der Waals surface area contributed by atoms with E-state index < -0.39 is 11.6 Å². The largest absolute Gasteiger partial charge is 0.462 e. The van der Waals surface area contributed by atoms with Gasteiger partial charge in [0, 0.05) is 0 Å². The van der Waals surface area contributed by atoms with Crippen molar-refractivity contribution < 1.29 is 18.3 Å². The van der Waals surface area contributed by atoms with E-state index in [9.17, 15) is 13.6 Å². The van der Waals surface area contributed by atoms with Crippen LogP contribution >= 0.6 is 0 Å². The molecule has 3 rings (SSSR count). The Kier molecular flexibility index (Phi) is 6.99. The highest BCUT2D eigenvalue weighted by molar-refractivity contribution is 5.72. The number of carbonyl (C=O) groups is 1. The second-order valence-corrected chi connectivity index (χ2v) is 8.00. The van der Waals surface area contributed by atoms with Crippen LogP contribution in [0.4, 0.5) is 8.78 Å². The van der Waals surface area contributed by atoms with Crippen LogP contribution in [-0.4, -0.2) is 12.1 Å². The molecule has 2 fully saturated rings. The minimum absolute atomic E-state index is 0.0351. The molecular formula is C23H24F2N2O2. The minimum Gasteiger partial charge on any atom is -0.462 e. The van der Waals surface area contributed by atoms with E-state index in [1.807, 2.05) is 6.07 Å². The van der Waals surface area contributed by atoms with Crippen LogP contribution in [0.2, 0.25) is 0 Å². The molecule has 2 aliphatic carbocycles. The van der Waals surface area contributed by atoms with Crippen LogP contribution < -0.4 is 0 Å². The molecule has 0 atom stereocenters. The summed E-state index contributed by atoms with van der Waals surface area (Å²) >= 11 is 0. The van der Waals surface area contributed by atoms with Gasteiger partial charge in [0.2, 0.25) is 0 Å². The van der Waals surface area contributed by atoms with Gasteiger partial charge in [-0.3, -0.25) is 4.79 Å². The molecule has 29 heavy (non-hydrogen) atoms. The Morgan fingerprint density at radius 3 is 2.34 bits per heavy atom. The maximum absolute atomic E-state index is 13.9. The van der Waals surface area contributed by atoms with E-state index in [0.29, 0.717) is 38.5 Å². The van der Waals surface area contributed by atoms with E-state index >= 15 is 0 Å². The Morgan fingerprint density at radius 1 is 1.07 bits per heavy atom. The van der Waals surface area contributed by atoms with E-state index in [2.05, 4.69) is 0 Å². The Morgan fingerprint density at radius 2 is 1.76 bits per heavy atom. The topological polar surface area (TPSA) is 73.9 Å². The van der Waals surface area contributed by atoms with Gasteiger partial charge < -0.3 is 4.74 Å². The molecule has 0 spiro atoms. The molecule has 0 N–H and O–H groups in total. The monoisotopic (exact) mass is 398 g/mol. The molecule has 4 nitrogen and oxygen atoms in total. The standard InChI is InChI=1S/C23H24F2N2O2/c24-20(14-27)11-15-1-9-21(10-2-15)29-23(28)17-5-3-16(4-6-17)18-7-8-19(13-26)22(25)12-18/h7-8,11-12,15-17,21H,1-6,9-10H2/t15-,16-,17-,21-. The van der Waals surface area contributed by atoms with Gasteiger partial charge in [-0.2, -0.15) is 14.9 Å². The maximum atomic E-state index is 13.9. The first kappa shape index (κ1) is 21.0. The second kappa shape index (κ2) is 9.65. The zero-order chi connectivity index (χ0) is 20.8. The fourth-order valence-electron chi connectivity index (χ4n) is 4.42. The van der Waals surface area contributed by atoms with Crippen LogP contribution in [0.25, 0.3) is 0 Å². The summed E-state index contributed by atoms with van der Waals surface area (Å²) in [7, 11) is 0. The van der Waals surface area contributed by atoms with Gasteiger partial charge in [-0.1, -0.05) is 6.07 Å². The van der Waals surface area contributed by atoms with Crippen LogP contribution in [0.1, 0.15) is 68.4 Å². The minimum atomic E-state index is -0.746. The van der Waals surface area contributed by atoms with Crippen molar-refractivity contribution in [2.75, 3.05) is 0 Å². The van der Waals surface area contributed by atoms with E-state index in [-0.39, 0.29) is 35.4 Å². The third-order valence-electron chi connectivity index (χ3n) is 6.14. The Hall–Kier alpha value is -2.73. The number of rotatable bonds is 4. The first-order valence-corrected chi connectivity index (χ1v) is 10.2. The molecule has 2 aliphatic rings. The number of hydrogen-bond donors (Lipinski definition) is 0. The summed E-state index contributed by atoms with van der Waals surface area (Å²) in [6.45, 7) is 0. The van der Waals surface area contributed by atoms with Gasteiger partial charge in [-0.25, -0.2) is 4.39 Å². The molecule has 2 saturated carbocycles. The van der Waals surface area contributed by atoms with Gasteiger partial charge >= 0.3 is 5.97 Å². The molecule has 6 heteroatoms. The smallest absolute Gasteiger partial charge is 0.309 e. The van der Waals surface area contributed by atoms with Crippen molar-refractivity contribution in [3.05, 3.63) is 47.0 Å². The Bertz CT molecular complexity index is 853. The van der Waals surface area contributed by atoms with Crippen molar-refractivity contribution >= 4 is 5.97 Å². The van der Waals surface area contributed by atoms with Gasteiger partial charge in [-0.05, 0) is 87.0 Å². The predicted molar refractivity (Wildman–Crippen MR) is 102 cm³/mol. The van der Waals surface area contributed by atoms with Gasteiger partial charge in [0.25, 0.3) is 0 Å². The first-order chi connectivity index (χ1) is 14.0. The summed E-state index contributed by atoms with van der Waals surface area (Å²) < 4.78 is 32.6.